The Hall–Kier alpha value is -3.92. The van der Waals surface area contributed by atoms with Crippen LogP contribution in [0.4, 0.5) is 9.59 Å². The highest BCUT2D eigenvalue weighted by atomic mass is 16.8. The van der Waals surface area contributed by atoms with E-state index in [0.717, 1.165) is 16.7 Å². The van der Waals surface area contributed by atoms with E-state index in [1.165, 1.54) is 0 Å². The number of likely N-dealkylation sites (tertiary alicyclic amines) is 1. The van der Waals surface area contributed by atoms with Gasteiger partial charge in [0.2, 0.25) is 0 Å². The molecular formula is C38H48N2O7. The maximum Gasteiger partial charge on any atom is 0.411 e. The number of nitrogens with one attached hydrogen (secondary N) is 1. The van der Waals surface area contributed by atoms with Crippen LogP contribution in [-0.4, -0.2) is 71.5 Å². The number of nitrogens with zero attached hydrogens (tertiary/aromatic N) is 1. The van der Waals surface area contributed by atoms with Crippen LogP contribution in [0.3, 0.4) is 0 Å². The molecule has 0 saturated carbocycles. The van der Waals surface area contributed by atoms with Gasteiger partial charge in [0, 0.05) is 6.54 Å². The summed E-state index contributed by atoms with van der Waals surface area (Å²) in [6.07, 6.45) is -2.28. The number of hydrogen-bond acceptors (Lipinski definition) is 7. The highest BCUT2D eigenvalue weighted by Gasteiger charge is 2.60. The molecule has 5 rings (SSSR count). The van der Waals surface area contributed by atoms with Crippen LogP contribution < -0.4 is 5.32 Å². The van der Waals surface area contributed by atoms with Gasteiger partial charge in [-0.2, -0.15) is 0 Å². The molecule has 0 aromatic heterocycles. The Balaban J connectivity index is 1.57. The van der Waals surface area contributed by atoms with E-state index >= 15 is 0 Å². The number of amides is 2. The van der Waals surface area contributed by atoms with Crippen LogP contribution in [0.1, 0.15) is 72.1 Å². The van der Waals surface area contributed by atoms with Gasteiger partial charge in [0.05, 0.1) is 18.7 Å². The van der Waals surface area contributed by atoms with Gasteiger partial charge >= 0.3 is 12.2 Å². The van der Waals surface area contributed by atoms with Crippen LogP contribution in [0.25, 0.3) is 0 Å². The van der Waals surface area contributed by atoms with Crippen LogP contribution >= 0.6 is 0 Å². The Morgan fingerprint density at radius 3 is 1.55 bits per heavy atom. The fourth-order valence-corrected chi connectivity index (χ4v) is 6.43. The number of benzene rings is 3. The molecule has 2 saturated heterocycles. The molecule has 0 spiro atoms. The summed E-state index contributed by atoms with van der Waals surface area (Å²) in [7, 11) is 0. The number of ether oxygens (including phenoxy) is 5. The Labute approximate surface area is 278 Å². The fraction of sp³-hybridized carbons (Fsp3) is 0.474. The van der Waals surface area contributed by atoms with Crippen molar-refractivity contribution in [3.63, 3.8) is 0 Å². The molecule has 2 aliphatic rings. The molecule has 0 aliphatic carbocycles. The third-order valence-corrected chi connectivity index (χ3v) is 8.11. The van der Waals surface area contributed by atoms with Gasteiger partial charge in [0.1, 0.15) is 29.0 Å². The molecule has 3 aromatic carbocycles. The van der Waals surface area contributed by atoms with E-state index < -0.39 is 59.1 Å². The first-order chi connectivity index (χ1) is 22.1. The monoisotopic (exact) mass is 644 g/mol. The molecule has 3 aromatic rings. The van der Waals surface area contributed by atoms with Gasteiger partial charge in [0.15, 0.2) is 5.79 Å². The molecule has 0 unspecified atom stereocenters. The van der Waals surface area contributed by atoms with Gasteiger partial charge in [-0.1, -0.05) is 91.0 Å². The van der Waals surface area contributed by atoms with Gasteiger partial charge in [-0.15, -0.1) is 0 Å². The highest BCUT2D eigenvalue weighted by Crippen LogP contribution is 2.44. The first kappa shape index (κ1) is 34.4. The summed E-state index contributed by atoms with van der Waals surface area (Å²) in [6, 6.07) is 28.9. The number of hydrogen-bond donors (Lipinski definition) is 1. The number of carbonyl (C=O) groups is 2. The van der Waals surface area contributed by atoms with Crippen molar-refractivity contribution >= 4 is 12.2 Å². The van der Waals surface area contributed by atoms with E-state index in [1.54, 1.807) is 25.7 Å². The number of rotatable bonds is 8. The first-order valence-electron chi connectivity index (χ1n) is 16.2. The first-order valence-corrected chi connectivity index (χ1v) is 16.2. The van der Waals surface area contributed by atoms with E-state index in [-0.39, 0.29) is 13.2 Å². The summed E-state index contributed by atoms with van der Waals surface area (Å²) >= 11 is 0. The fourth-order valence-electron chi connectivity index (χ4n) is 6.43. The summed E-state index contributed by atoms with van der Waals surface area (Å²) in [5, 5.41) is 2.85. The lowest BCUT2D eigenvalue weighted by molar-refractivity contribution is -0.171. The second-order valence-corrected chi connectivity index (χ2v) is 14.6. The molecular weight excluding hydrogens is 596 g/mol. The zero-order chi connectivity index (χ0) is 34.0. The molecule has 4 atom stereocenters. The quantitative estimate of drug-likeness (QED) is 0.263. The van der Waals surface area contributed by atoms with E-state index in [0.29, 0.717) is 0 Å². The van der Waals surface area contributed by atoms with Crippen LogP contribution in [0.15, 0.2) is 91.0 Å². The van der Waals surface area contributed by atoms with Gasteiger partial charge in [-0.25, -0.2) is 9.59 Å². The molecule has 1 N–H and O–H groups in total. The smallest absolute Gasteiger partial charge is 0.411 e. The van der Waals surface area contributed by atoms with Crippen LogP contribution in [0.2, 0.25) is 0 Å². The molecule has 0 radical (unpaired) electrons. The van der Waals surface area contributed by atoms with E-state index in [4.69, 9.17) is 23.7 Å². The zero-order valence-electron chi connectivity index (χ0n) is 28.7. The third kappa shape index (κ3) is 7.80. The predicted octanol–water partition coefficient (Wildman–Crippen LogP) is 7.03. The lowest BCUT2D eigenvalue weighted by Gasteiger charge is -2.39. The lowest BCUT2D eigenvalue weighted by atomic mass is 9.80. The van der Waals surface area contributed by atoms with Crippen molar-refractivity contribution in [1.29, 1.82) is 0 Å². The van der Waals surface area contributed by atoms with Crippen molar-refractivity contribution < 1.29 is 33.3 Å². The predicted molar refractivity (Wildman–Crippen MR) is 179 cm³/mol. The average molecular weight is 645 g/mol. The molecule has 47 heavy (non-hydrogen) atoms. The van der Waals surface area contributed by atoms with Crippen molar-refractivity contribution in [1.82, 2.24) is 10.2 Å². The normalized spacial score (nSPS) is 22.4. The topological polar surface area (TPSA) is 95.6 Å². The number of carbonyl (C=O) groups excluding carboxylic acids is 2. The van der Waals surface area contributed by atoms with Crippen molar-refractivity contribution in [2.45, 2.75) is 102 Å². The van der Waals surface area contributed by atoms with Crippen LogP contribution in [0, 0.1) is 0 Å². The third-order valence-electron chi connectivity index (χ3n) is 8.11. The van der Waals surface area contributed by atoms with E-state index in [1.807, 2.05) is 89.2 Å². The summed E-state index contributed by atoms with van der Waals surface area (Å²) in [5.41, 5.74) is 0.314. The number of alkyl carbamates (subject to hydrolysis) is 1. The Kier molecular flexibility index (Phi) is 9.74. The summed E-state index contributed by atoms with van der Waals surface area (Å²) < 4.78 is 31.6. The minimum absolute atomic E-state index is 0.0620. The van der Waals surface area contributed by atoms with Gasteiger partial charge in [-0.05, 0) is 72.1 Å². The molecule has 9 nitrogen and oxygen atoms in total. The standard InChI is InChI=1S/C38H48N2O7/c1-35(2,3)46-33(41)39-24-29-31-32(45-37(7,8)44-31)30(40(29)34(42)47-36(4,5)6)25-43-38(26-18-12-9-13-19-26,27-20-14-10-15-21-27)28-22-16-11-17-23-28/h9-23,29-32H,24-25H2,1-8H3,(H,39,41)/t29-,30-,31-,32+/m1/s1. The van der Waals surface area contributed by atoms with E-state index in [2.05, 4.69) is 41.7 Å². The molecule has 2 heterocycles. The molecule has 0 bridgehead atoms. The summed E-state index contributed by atoms with van der Waals surface area (Å²) in [6.45, 7) is 14.7. The zero-order valence-corrected chi connectivity index (χ0v) is 28.7. The van der Waals surface area contributed by atoms with E-state index in [9.17, 15) is 9.59 Å². The summed E-state index contributed by atoms with van der Waals surface area (Å²) in [4.78, 5) is 28.5. The highest BCUT2D eigenvalue weighted by molar-refractivity contribution is 5.71. The van der Waals surface area contributed by atoms with Crippen molar-refractivity contribution in [2.75, 3.05) is 13.2 Å². The Morgan fingerprint density at radius 2 is 1.13 bits per heavy atom. The molecule has 252 valence electrons. The average Bonchev–Trinajstić information content (AvgIpc) is 3.46. The van der Waals surface area contributed by atoms with Crippen molar-refractivity contribution in [3.05, 3.63) is 108 Å². The van der Waals surface area contributed by atoms with Gasteiger partial charge in [0.25, 0.3) is 0 Å². The van der Waals surface area contributed by atoms with Crippen LogP contribution in [0.5, 0.6) is 0 Å². The second kappa shape index (κ2) is 13.3. The summed E-state index contributed by atoms with van der Waals surface area (Å²) in [5.74, 6) is -0.923. The van der Waals surface area contributed by atoms with Gasteiger partial charge < -0.3 is 29.0 Å². The Bertz CT molecular complexity index is 1400. The lowest BCUT2D eigenvalue weighted by Crippen LogP contribution is -2.54. The molecule has 2 amide bonds. The van der Waals surface area contributed by atoms with Crippen molar-refractivity contribution in [2.24, 2.45) is 0 Å². The molecule has 2 fully saturated rings. The minimum Gasteiger partial charge on any atom is -0.444 e. The maximum atomic E-state index is 14.1. The van der Waals surface area contributed by atoms with Crippen LogP contribution in [-0.2, 0) is 29.3 Å². The molecule has 2 aliphatic heterocycles. The second-order valence-electron chi connectivity index (χ2n) is 14.6. The largest absolute Gasteiger partial charge is 0.444 e. The minimum atomic E-state index is -1.03. The molecule has 9 heteroatoms. The maximum absolute atomic E-state index is 14.1. The van der Waals surface area contributed by atoms with Gasteiger partial charge in [-0.3, -0.25) is 4.90 Å². The SMILES string of the molecule is CC(C)(C)OC(=O)NC[C@@H]1[C@H]2OC(C)(C)O[C@H]2[C@@H](COC(c2ccccc2)(c2ccccc2)c2ccccc2)N1C(=O)OC(C)(C)C. The van der Waals surface area contributed by atoms with Crippen molar-refractivity contribution in [3.8, 4) is 0 Å². The number of fused-ring (bicyclic) bond motifs is 1. The Morgan fingerprint density at radius 1 is 0.702 bits per heavy atom.